The van der Waals surface area contributed by atoms with Crippen molar-refractivity contribution in [2.45, 2.75) is 36.7 Å². The van der Waals surface area contributed by atoms with E-state index < -0.39 is 0 Å². The van der Waals surface area contributed by atoms with Crippen LogP contribution in [0.5, 0.6) is 0 Å². The standard InChI is InChI=1S/C13H30N4S2.ClH/c1-15(2)10-8-6-7-9-11-17(5)13-14-12(16(3)4)18-19-13;/h12-14H,6-11H2,1-5H3;1H. The van der Waals surface area contributed by atoms with Crippen molar-refractivity contribution in [3.63, 3.8) is 0 Å². The lowest BCUT2D eigenvalue weighted by Gasteiger charge is -2.22. The number of quaternary nitrogens is 1. The van der Waals surface area contributed by atoms with Gasteiger partial charge in [-0.25, -0.2) is 4.90 Å². The van der Waals surface area contributed by atoms with Crippen molar-refractivity contribution in [2.75, 3.05) is 48.3 Å². The van der Waals surface area contributed by atoms with Crippen molar-refractivity contribution in [3.8, 4) is 0 Å². The Hall–Kier alpha value is 0.830. The molecule has 0 spiro atoms. The summed E-state index contributed by atoms with van der Waals surface area (Å²) in [6, 6.07) is 0. The molecule has 1 saturated heterocycles. The van der Waals surface area contributed by atoms with Crippen LogP contribution in [0.3, 0.4) is 0 Å². The Morgan fingerprint density at radius 2 is 1.35 bits per heavy atom. The molecule has 0 aromatic heterocycles. The first-order valence-corrected chi connectivity index (χ1v) is 9.47. The van der Waals surface area contributed by atoms with Gasteiger partial charge in [0.2, 0.25) is 11.0 Å². The molecular formula is C13H31ClN4S2. The van der Waals surface area contributed by atoms with Gasteiger partial charge < -0.3 is 17.3 Å². The molecule has 122 valence electrons. The normalized spacial score (nSPS) is 22.8. The van der Waals surface area contributed by atoms with Gasteiger partial charge in [-0.15, -0.1) is 0 Å². The number of nitrogens with two attached hydrogens (primary N) is 1. The topological polar surface area (TPSA) is 26.3 Å². The van der Waals surface area contributed by atoms with Crippen LogP contribution in [-0.2, 0) is 0 Å². The van der Waals surface area contributed by atoms with Crippen LogP contribution >= 0.6 is 21.6 Å². The van der Waals surface area contributed by atoms with Gasteiger partial charge in [-0.3, -0.25) is 10.2 Å². The van der Waals surface area contributed by atoms with Crippen LogP contribution in [0.4, 0.5) is 0 Å². The summed E-state index contributed by atoms with van der Waals surface area (Å²) in [7, 11) is 14.8. The fourth-order valence-corrected chi connectivity index (χ4v) is 5.27. The largest absolute Gasteiger partial charge is 1.00 e. The van der Waals surface area contributed by atoms with Crippen molar-refractivity contribution >= 4 is 21.6 Å². The van der Waals surface area contributed by atoms with Gasteiger partial charge in [0.05, 0.1) is 0 Å². The van der Waals surface area contributed by atoms with E-state index in [-0.39, 0.29) is 12.4 Å². The summed E-state index contributed by atoms with van der Waals surface area (Å²) in [4.78, 5) is 7.05. The van der Waals surface area contributed by atoms with Gasteiger partial charge in [0, 0.05) is 6.54 Å². The maximum Gasteiger partial charge on any atom is 0.202 e. The van der Waals surface area contributed by atoms with E-state index in [1.165, 1.54) is 38.8 Å². The predicted molar refractivity (Wildman–Crippen MR) is 88.0 cm³/mol. The molecule has 0 aromatic rings. The minimum absolute atomic E-state index is 0. The smallest absolute Gasteiger partial charge is 0.202 e. The molecule has 0 saturated carbocycles. The highest BCUT2D eigenvalue weighted by Crippen LogP contribution is 2.32. The van der Waals surface area contributed by atoms with Gasteiger partial charge in [-0.05, 0) is 76.2 Å². The molecule has 2 atom stereocenters. The van der Waals surface area contributed by atoms with Crippen LogP contribution in [0.2, 0.25) is 0 Å². The molecular weight excluding hydrogens is 312 g/mol. The van der Waals surface area contributed by atoms with E-state index in [0.29, 0.717) is 11.0 Å². The summed E-state index contributed by atoms with van der Waals surface area (Å²) < 4.78 is 0. The molecule has 4 nitrogen and oxygen atoms in total. The zero-order chi connectivity index (χ0) is 14.3. The van der Waals surface area contributed by atoms with Crippen LogP contribution < -0.4 is 17.7 Å². The van der Waals surface area contributed by atoms with Crippen molar-refractivity contribution < 1.29 is 17.7 Å². The molecule has 2 N–H and O–H groups in total. The summed E-state index contributed by atoms with van der Waals surface area (Å²) in [5, 5.41) is 2.46. The average Bonchev–Trinajstić information content (AvgIpc) is 2.82. The number of rotatable bonds is 9. The second kappa shape index (κ2) is 11.4. The molecule has 0 bridgehead atoms. The van der Waals surface area contributed by atoms with Crippen molar-refractivity contribution in [1.82, 2.24) is 14.7 Å². The minimum Gasteiger partial charge on any atom is -1.00 e. The number of hydrogen-bond acceptors (Lipinski definition) is 5. The first-order valence-electron chi connectivity index (χ1n) is 7.19. The lowest BCUT2D eigenvalue weighted by atomic mass is 10.2. The lowest BCUT2D eigenvalue weighted by molar-refractivity contribution is -0.708. The Bertz CT molecular complexity index is 244. The van der Waals surface area contributed by atoms with Crippen LogP contribution in [0, 0.1) is 0 Å². The van der Waals surface area contributed by atoms with Crippen LogP contribution in [0.1, 0.15) is 25.7 Å². The molecule has 1 aliphatic heterocycles. The van der Waals surface area contributed by atoms with E-state index in [1.54, 1.807) is 0 Å². The molecule has 20 heavy (non-hydrogen) atoms. The number of unbranched alkanes of at least 4 members (excludes halogenated alkanes) is 3. The van der Waals surface area contributed by atoms with Crippen LogP contribution in [0.25, 0.3) is 0 Å². The second-order valence-corrected chi connectivity index (χ2v) is 8.33. The highest BCUT2D eigenvalue weighted by molar-refractivity contribution is 8.77. The SMILES string of the molecule is CN(C)CCCCCCN(C)C1[NH2+]C(N(C)C)SS1.[Cl-]. The Labute approximate surface area is 139 Å². The van der Waals surface area contributed by atoms with E-state index in [1.807, 2.05) is 21.6 Å². The Balaban J connectivity index is 0.00000361. The molecule has 0 amide bonds. The summed E-state index contributed by atoms with van der Waals surface area (Å²) >= 11 is 0. The number of halogens is 1. The number of hydrogen-bond donors (Lipinski definition) is 1. The molecule has 2 unspecified atom stereocenters. The summed E-state index contributed by atoms with van der Waals surface area (Å²) in [5.74, 6) is 0. The highest BCUT2D eigenvalue weighted by Gasteiger charge is 2.33. The van der Waals surface area contributed by atoms with Crippen molar-refractivity contribution in [2.24, 2.45) is 0 Å². The lowest BCUT2D eigenvalue weighted by Crippen LogP contribution is -3.00. The van der Waals surface area contributed by atoms with Gasteiger partial charge in [-0.1, -0.05) is 12.8 Å². The predicted octanol–water partition coefficient (Wildman–Crippen LogP) is -1.87. The zero-order valence-electron chi connectivity index (χ0n) is 13.5. The maximum absolute atomic E-state index is 2.49. The van der Waals surface area contributed by atoms with E-state index in [4.69, 9.17) is 0 Å². The third kappa shape index (κ3) is 8.32. The number of nitrogens with zero attached hydrogens (tertiary/aromatic N) is 3. The molecule has 1 rings (SSSR count). The molecule has 1 aliphatic rings. The van der Waals surface area contributed by atoms with E-state index in [2.05, 4.69) is 55.3 Å². The highest BCUT2D eigenvalue weighted by atomic mass is 35.5. The van der Waals surface area contributed by atoms with Gasteiger partial charge in [0.15, 0.2) is 0 Å². The third-order valence-corrected chi connectivity index (χ3v) is 6.51. The van der Waals surface area contributed by atoms with Crippen molar-refractivity contribution in [3.05, 3.63) is 0 Å². The third-order valence-electron chi connectivity index (χ3n) is 3.39. The van der Waals surface area contributed by atoms with Gasteiger partial charge in [0.25, 0.3) is 0 Å². The molecule has 0 radical (unpaired) electrons. The summed E-state index contributed by atoms with van der Waals surface area (Å²) in [5.41, 5.74) is 1.15. The first-order chi connectivity index (χ1) is 9.00. The Kier molecular flexibility index (Phi) is 11.9. The molecule has 1 fully saturated rings. The minimum atomic E-state index is 0. The van der Waals surface area contributed by atoms with Gasteiger partial charge in [0.1, 0.15) is 0 Å². The maximum atomic E-state index is 2.49. The van der Waals surface area contributed by atoms with Crippen LogP contribution in [0.15, 0.2) is 0 Å². The second-order valence-electron chi connectivity index (χ2n) is 5.83. The van der Waals surface area contributed by atoms with Crippen molar-refractivity contribution in [1.29, 1.82) is 0 Å². The fraction of sp³-hybridized carbons (Fsp3) is 1.00. The monoisotopic (exact) mass is 342 g/mol. The Morgan fingerprint density at radius 3 is 1.85 bits per heavy atom. The Morgan fingerprint density at radius 1 is 0.800 bits per heavy atom. The van der Waals surface area contributed by atoms with Crippen LogP contribution in [-0.4, -0.2) is 74.0 Å². The zero-order valence-corrected chi connectivity index (χ0v) is 15.9. The van der Waals surface area contributed by atoms with Gasteiger partial charge >= 0.3 is 0 Å². The van der Waals surface area contributed by atoms with E-state index in [9.17, 15) is 0 Å². The quantitative estimate of drug-likeness (QED) is 0.391. The molecule has 0 aliphatic carbocycles. The molecule has 1 heterocycles. The van der Waals surface area contributed by atoms with Gasteiger partial charge in [-0.2, -0.15) is 0 Å². The first kappa shape index (κ1) is 20.8. The summed E-state index contributed by atoms with van der Waals surface area (Å²) in [6.45, 7) is 2.44. The fourth-order valence-electron chi connectivity index (χ4n) is 2.07. The average molecular weight is 343 g/mol. The molecule has 0 aromatic carbocycles. The summed E-state index contributed by atoms with van der Waals surface area (Å²) in [6.07, 6.45) is 5.38. The molecule has 7 heteroatoms. The van der Waals surface area contributed by atoms with E-state index in [0.717, 1.165) is 0 Å². The van der Waals surface area contributed by atoms with E-state index >= 15 is 0 Å².